The molecule has 0 aliphatic rings. The van der Waals surface area contributed by atoms with Gasteiger partial charge in [-0.1, -0.05) is 11.6 Å². The van der Waals surface area contributed by atoms with Gasteiger partial charge in [0, 0.05) is 6.92 Å². The maximum atomic E-state index is 12.5. The van der Waals surface area contributed by atoms with Crippen LogP contribution in [0.5, 0.6) is 5.75 Å². The molecule has 1 aromatic carbocycles. The lowest BCUT2D eigenvalue weighted by Crippen LogP contribution is -2.03. The first kappa shape index (κ1) is 9.80. The van der Waals surface area contributed by atoms with Crippen molar-refractivity contribution < 1.29 is 19.0 Å². The lowest BCUT2D eigenvalue weighted by atomic mass is 10.3. The van der Waals surface area contributed by atoms with Crippen LogP contribution >= 0.6 is 11.6 Å². The summed E-state index contributed by atoms with van der Waals surface area (Å²) < 4.78 is 12.5. The smallest absolute Gasteiger partial charge is 0.285 e. The molecule has 3 nitrogen and oxygen atoms in total. The van der Waals surface area contributed by atoms with Gasteiger partial charge in [0.05, 0.1) is 5.02 Å². The van der Waals surface area contributed by atoms with Crippen LogP contribution in [-0.2, 0) is 9.68 Å². The van der Waals surface area contributed by atoms with Crippen molar-refractivity contribution in [2.24, 2.45) is 0 Å². The fourth-order valence-corrected chi connectivity index (χ4v) is 0.845. The van der Waals surface area contributed by atoms with E-state index in [0.717, 1.165) is 12.1 Å². The summed E-state index contributed by atoms with van der Waals surface area (Å²) in [4.78, 5) is 19.0. The summed E-state index contributed by atoms with van der Waals surface area (Å²) >= 11 is 5.56. The molecule has 0 amide bonds. The molecule has 1 aromatic rings. The Bertz CT molecular complexity index is 327. The first-order valence-corrected chi connectivity index (χ1v) is 3.77. The molecule has 1 rings (SSSR count). The largest absolute Gasteiger partial charge is 0.352 e. The van der Waals surface area contributed by atoms with Crippen LogP contribution in [0.4, 0.5) is 4.39 Å². The number of hydrogen-bond donors (Lipinski definition) is 0. The van der Waals surface area contributed by atoms with E-state index in [9.17, 15) is 9.18 Å². The van der Waals surface area contributed by atoms with Gasteiger partial charge < -0.3 is 0 Å². The van der Waals surface area contributed by atoms with Crippen molar-refractivity contribution in [1.29, 1.82) is 0 Å². The van der Waals surface area contributed by atoms with E-state index in [1.165, 1.54) is 13.0 Å². The van der Waals surface area contributed by atoms with E-state index in [1.807, 2.05) is 0 Å². The normalized spacial score (nSPS) is 9.46. The molecule has 0 radical (unpaired) electrons. The Morgan fingerprint density at radius 2 is 2.23 bits per heavy atom. The summed E-state index contributed by atoms with van der Waals surface area (Å²) in [6, 6.07) is 3.46. The minimum Gasteiger partial charge on any atom is -0.285 e. The third-order valence-electron chi connectivity index (χ3n) is 1.14. The molecule has 13 heavy (non-hydrogen) atoms. The highest BCUT2D eigenvalue weighted by Crippen LogP contribution is 2.24. The van der Waals surface area contributed by atoms with Gasteiger partial charge in [-0.3, -0.25) is 9.78 Å². The molecule has 0 bridgehead atoms. The second-order valence-corrected chi connectivity index (χ2v) is 2.64. The highest BCUT2D eigenvalue weighted by molar-refractivity contribution is 6.32. The summed E-state index contributed by atoms with van der Waals surface area (Å²) in [5.74, 6) is -1.00. The Balaban J connectivity index is 2.72. The quantitative estimate of drug-likeness (QED) is 0.548. The fraction of sp³-hybridized carbons (Fsp3) is 0.125. The predicted molar refractivity (Wildman–Crippen MR) is 43.8 cm³/mol. The Hall–Kier alpha value is -1.29. The van der Waals surface area contributed by atoms with Gasteiger partial charge in [0.2, 0.25) is 0 Å². The summed E-state index contributed by atoms with van der Waals surface area (Å²) in [7, 11) is 0. The highest BCUT2D eigenvalue weighted by Gasteiger charge is 2.05. The maximum absolute atomic E-state index is 12.5. The zero-order chi connectivity index (χ0) is 9.84. The molecule has 0 aliphatic carbocycles. The average Bonchev–Trinajstić information content (AvgIpc) is 2.02. The van der Waals surface area contributed by atoms with Crippen LogP contribution < -0.4 is 4.89 Å². The van der Waals surface area contributed by atoms with E-state index in [2.05, 4.69) is 9.78 Å². The molecule has 0 fully saturated rings. The van der Waals surface area contributed by atoms with Gasteiger partial charge in [-0.25, -0.2) is 9.18 Å². The van der Waals surface area contributed by atoms with Crippen molar-refractivity contribution in [2.75, 3.05) is 0 Å². The van der Waals surface area contributed by atoms with E-state index in [1.54, 1.807) is 0 Å². The van der Waals surface area contributed by atoms with Crippen molar-refractivity contribution in [3.63, 3.8) is 0 Å². The Morgan fingerprint density at radius 1 is 1.54 bits per heavy atom. The van der Waals surface area contributed by atoms with Crippen LogP contribution in [0.3, 0.4) is 0 Å². The Kier molecular flexibility index (Phi) is 3.08. The standard InChI is InChI=1S/C8H6ClFO3/c1-5(11)12-13-8-3-2-6(10)4-7(8)9/h2-4H,1H3. The van der Waals surface area contributed by atoms with E-state index in [0.29, 0.717) is 0 Å². The van der Waals surface area contributed by atoms with Gasteiger partial charge in [-0.2, -0.15) is 0 Å². The molecule has 0 saturated heterocycles. The number of carbonyl (C=O) groups excluding carboxylic acids is 1. The number of halogens is 2. The Morgan fingerprint density at radius 3 is 2.77 bits per heavy atom. The van der Waals surface area contributed by atoms with Crippen LogP contribution in [-0.4, -0.2) is 5.97 Å². The van der Waals surface area contributed by atoms with Crippen LogP contribution in [0.25, 0.3) is 0 Å². The summed E-state index contributed by atoms with van der Waals surface area (Å²) in [6.07, 6.45) is 0. The van der Waals surface area contributed by atoms with Crippen molar-refractivity contribution in [3.05, 3.63) is 29.0 Å². The van der Waals surface area contributed by atoms with Crippen molar-refractivity contribution in [1.82, 2.24) is 0 Å². The topological polar surface area (TPSA) is 35.5 Å². The first-order valence-electron chi connectivity index (χ1n) is 3.40. The molecule has 0 heterocycles. The maximum Gasteiger partial charge on any atom is 0.352 e. The van der Waals surface area contributed by atoms with E-state index < -0.39 is 11.8 Å². The molecule has 5 heteroatoms. The van der Waals surface area contributed by atoms with Gasteiger partial charge in [-0.05, 0) is 18.2 Å². The predicted octanol–water partition coefficient (Wildman–Crippen LogP) is 2.34. The van der Waals surface area contributed by atoms with Gasteiger partial charge >= 0.3 is 5.97 Å². The second kappa shape index (κ2) is 4.09. The molecular formula is C8H6ClFO3. The number of carbonyl (C=O) groups is 1. The van der Waals surface area contributed by atoms with E-state index >= 15 is 0 Å². The van der Waals surface area contributed by atoms with Crippen LogP contribution in [0.15, 0.2) is 18.2 Å². The number of benzene rings is 1. The van der Waals surface area contributed by atoms with Gasteiger partial charge in [0.1, 0.15) is 5.82 Å². The summed E-state index contributed by atoms with van der Waals surface area (Å²) in [6.45, 7) is 1.18. The molecule has 0 atom stereocenters. The molecule has 0 unspecified atom stereocenters. The first-order chi connectivity index (χ1) is 6.09. The second-order valence-electron chi connectivity index (χ2n) is 2.23. The van der Waals surface area contributed by atoms with Crippen LogP contribution in [0, 0.1) is 5.82 Å². The van der Waals surface area contributed by atoms with Crippen molar-refractivity contribution >= 4 is 17.6 Å². The fourth-order valence-electron chi connectivity index (χ4n) is 0.646. The van der Waals surface area contributed by atoms with Gasteiger partial charge in [0.25, 0.3) is 0 Å². The molecule has 0 N–H and O–H groups in total. The molecule has 0 aliphatic heterocycles. The van der Waals surface area contributed by atoms with E-state index in [-0.39, 0.29) is 10.8 Å². The third kappa shape index (κ3) is 2.91. The minimum absolute atomic E-state index is 0.0428. The van der Waals surface area contributed by atoms with Crippen LogP contribution in [0.1, 0.15) is 6.92 Å². The monoisotopic (exact) mass is 204 g/mol. The zero-order valence-corrected chi connectivity index (χ0v) is 7.47. The SMILES string of the molecule is CC(=O)OOc1ccc(F)cc1Cl. The van der Waals surface area contributed by atoms with Crippen molar-refractivity contribution in [3.8, 4) is 5.75 Å². The summed E-state index contributed by atoms with van der Waals surface area (Å²) in [5, 5.41) is 0.0428. The van der Waals surface area contributed by atoms with Gasteiger partial charge in [0.15, 0.2) is 5.75 Å². The molecule has 0 saturated carbocycles. The third-order valence-corrected chi connectivity index (χ3v) is 1.44. The van der Waals surface area contributed by atoms with Gasteiger partial charge in [-0.15, -0.1) is 0 Å². The zero-order valence-electron chi connectivity index (χ0n) is 6.71. The number of hydrogen-bond acceptors (Lipinski definition) is 3. The molecule has 0 spiro atoms. The minimum atomic E-state index is -0.611. The van der Waals surface area contributed by atoms with Crippen molar-refractivity contribution in [2.45, 2.75) is 6.92 Å². The number of rotatable bonds is 2. The summed E-state index contributed by atoms with van der Waals surface area (Å²) in [5.41, 5.74) is 0. The van der Waals surface area contributed by atoms with Crippen LogP contribution in [0.2, 0.25) is 5.02 Å². The average molecular weight is 205 g/mol. The highest BCUT2D eigenvalue weighted by atomic mass is 35.5. The molecule has 70 valence electrons. The lowest BCUT2D eigenvalue weighted by molar-refractivity contribution is -0.210. The van der Waals surface area contributed by atoms with E-state index in [4.69, 9.17) is 11.6 Å². The molecular weight excluding hydrogens is 199 g/mol. The lowest BCUT2D eigenvalue weighted by Gasteiger charge is -2.03. The Labute approximate surface area is 78.9 Å². The molecule has 0 aromatic heterocycles.